The topological polar surface area (TPSA) is 0 Å². The largest absolute Gasteiger partial charge is 2.00 e. The summed E-state index contributed by atoms with van der Waals surface area (Å²) in [6.45, 7) is 14.8. The third kappa shape index (κ3) is 8.06. The Morgan fingerprint density at radius 1 is 0.588 bits per heavy atom. The Kier molecular flexibility index (Phi) is 12.8. The summed E-state index contributed by atoms with van der Waals surface area (Å²) in [6, 6.07) is 19.7. The van der Waals surface area contributed by atoms with E-state index in [2.05, 4.69) is 67.5 Å². The van der Waals surface area contributed by atoms with E-state index in [1.54, 1.807) is 0 Å². The SMILES string of the molecule is CC1=[C-]C(C)C(C)=C1C.CC1=[C-]C(C)C(C)=C1C.Cl[Si](Cl)(c1ccccc1)c1ccccc1.[Zr+2]. The average Bonchev–Trinajstić information content (AvgIpc) is 3.18. The van der Waals surface area contributed by atoms with E-state index in [1.807, 2.05) is 60.7 Å². The van der Waals surface area contributed by atoms with Crippen molar-refractivity contribution in [2.24, 2.45) is 11.8 Å². The third-order valence-electron chi connectivity index (χ3n) is 6.75. The molecule has 2 aliphatic rings. The van der Waals surface area contributed by atoms with Crippen molar-refractivity contribution in [1.82, 2.24) is 0 Å². The maximum Gasteiger partial charge on any atom is 2.00 e. The van der Waals surface area contributed by atoms with Gasteiger partial charge in [0.25, 0.3) is 0 Å². The Morgan fingerprint density at radius 3 is 1.06 bits per heavy atom. The zero-order valence-corrected chi connectivity index (χ0v) is 26.7. The van der Waals surface area contributed by atoms with Gasteiger partial charge in [0.15, 0.2) is 0 Å². The van der Waals surface area contributed by atoms with E-state index in [0.29, 0.717) is 11.8 Å². The average molecular weight is 587 g/mol. The van der Waals surface area contributed by atoms with Crippen molar-refractivity contribution in [2.75, 3.05) is 0 Å². The number of hydrogen-bond acceptors (Lipinski definition) is 0. The van der Waals surface area contributed by atoms with E-state index >= 15 is 0 Å². The molecule has 4 rings (SSSR count). The van der Waals surface area contributed by atoms with Gasteiger partial charge in [-0.25, -0.2) is 11.1 Å². The standard InChI is InChI=1S/C12H10Cl2Si.2C9H13.Zr/c13-15(14,11-7-3-1-4-8-11)12-9-5-2-6-10-12;2*1-6-5-7(2)9(4)8(6)3;/h1-10H;2*6H,1-4H3;/q;2*-1;+2. The number of hydrogen-bond donors (Lipinski definition) is 0. The van der Waals surface area contributed by atoms with Crippen LogP contribution in [0.15, 0.2) is 94.1 Å². The normalized spacial score (nSPS) is 19.4. The molecular formula is C30H36Cl2SiZr. The second-order valence-corrected chi connectivity index (χ2v) is 15.2. The molecule has 0 heterocycles. The Balaban J connectivity index is 0.000000266. The van der Waals surface area contributed by atoms with Gasteiger partial charge in [0.05, 0.1) is 0 Å². The van der Waals surface area contributed by atoms with Gasteiger partial charge in [-0.15, -0.1) is 36.0 Å². The van der Waals surface area contributed by atoms with Gasteiger partial charge in [-0.1, -0.05) is 114 Å². The molecule has 0 amide bonds. The van der Waals surface area contributed by atoms with Crippen molar-refractivity contribution in [3.05, 3.63) is 106 Å². The van der Waals surface area contributed by atoms with Gasteiger partial charge >= 0.3 is 32.9 Å². The summed E-state index contributed by atoms with van der Waals surface area (Å²) in [4.78, 5) is 0. The fourth-order valence-corrected chi connectivity index (χ4v) is 6.85. The number of allylic oxidation sites excluding steroid dienone is 8. The molecule has 2 atom stereocenters. The molecule has 0 aliphatic heterocycles. The summed E-state index contributed by atoms with van der Waals surface area (Å²) >= 11 is 13.0. The van der Waals surface area contributed by atoms with E-state index in [4.69, 9.17) is 22.2 Å². The first-order valence-electron chi connectivity index (χ1n) is 11.5. The first kappa shape index (κ1) is 31.1. The molecule has 2 aromatic rings. The molecule has 0 nitrogen and oxygen atoms in total. The molecule has 0 saturated carbocycles. The van der Waals surface area contributed by atoms with E-state index in [0.717, 1.165) is 10.4 Å². The van der Waals surface area contributed by atoms with Gasteiger partial charge in [-0.05, 0) is 10.4 Å². The maximum absolute atomic E-state index is 6.49. The third-order valence-corrected chi connectivity index (χ3v) is 11.5. The molecule has 34 heavy (non-hydrogen) atoms. The zero-order chi connectivity index (χ0) is 24.8. The van der Waals surface area contributed by atoms with Crippen molar-refractivity contribution in [3.63, 3.8) is 0 Å². The molecule has 0 bridgehead atoms. The van der Waals surface area contributed by atoms with Crippen LogP contribution < -0.4 is 10.4 Å². The summed E-state index contributed by atoms with van der Waals surface area (Å²) in [5.41, 5.74) is 8.49. The smallest absolute Gasteiger partial charge is 0.266 e. The van der Waals surface area contributed by atoms with Crippen LogP contribution in [0, 0.1) is 24.0 Å². The Hall–Kier alpha value is -0.920. The minimum atomic E-state index is -2.51. The molecule has 0 N–H and O–H groups in total. The van der Waals surface area contributed by atoms with Crippen molar-refractivity contribution in [1.29, 1.82) is 0 Å². The molecule has 0 fully saturated rings. The second kappa shape index (κ2) is 14.0. The van der Waals surface area contributed by atoms with Crippen LogP contribution >= 0.6 is 22.2 Å². The predicted octanol–water partition coefficient (Wildman–Crippen LogP) is 8.16. The molecule has 0 spiro atoms. The van der Waals surface area contributed by atoms with Crippen molar-refractivity contribution >= 4 is 39.2 Å². The van der Waals surface area contributed by atoms with E-state index in [-0.39, 0.29) is 26.2 Å². The van der Waals surface area contributed by atoms with Crippen LogP contribution in [0.2, 0.25) is 0 Å². The minimum Gasteiger partial charge on any atom is -0.266 e. The molecule has 2 unspecified atom stereocenters. The van der Waals surface area contributed by atoms with Crippen molar-refractivity contribution < 1.29 is 26.2 Å². The molecule has 0 saturated heterocycles. The van der Waals surface area contributed by atoms with Gasteiger partial charge in [-0.3, -0.25) is 12.2 Å². The maximum atomic E-state index is 6.49. The Bertz CT molecular complexity index is 978. The van der Waals surface area contributed by atoms with Crippen LogP contribution in [0.25, 0.3) is 0 Å². The molecule has 0 radical (unpaired) electrons. The number of rotatable bonds is 2. The van der Waals surface area contributed by atoms with Gasteiger partial charge in [0.1, 0.15) is 0 Å². The molecule has 2 aromatic carbocycles. The Labute approximate surface area is 237 Å². The fourth-order valence-electron chi connectivity index (χ4n) is 3.79. The number of halogens is 2. The van der Waals surface area contributed by atoms with Crippen LogP contribution in [0.3, 0.4) is 0 Å². The summed E-state index contributed by atoms with van der Waals surface area (Å²) < 4.78 is 0. The molecule has 2 aliphatic carbocycles. The van der Waals surface area contributed by atoms with E-state index in [1.165, 1.54) is 33.4 Å². The summed E-state index contributed by atoms with van der Waals surface area (Å²) in [5.74, 6) is 1.12. The quantitative estimate of drug-likeness (QED) is 0.189. The molecule has 0 aromatic heterocycles. The Morgan fingerprint density at radius 2 is 0.882 bits per heavy atom. The minimum absolute atomic E-state index is 0. The first-order chi connectivity index (χ1) is 15.5. The second-order valence-electron chi connectivity index (χ2n) is 8.90. The first-order valence-corrected chi connectivity index (χ1v) is 15.5. The predicted molar refractivity (Wildman–Crippen MR) is 150 cm³/mol. The van der Waals surface area contributed by atoms with Crippen LogP contribution in [0.1, 0.15) is 55.4 Å². The molecule has 178 valence electrons. The van der Waals surface area contributed by atoms with Crippen LogP contribution in [0.4, 0.5) is 0 Å². The van der Waals surface area contributed by atoms with Crippen molar-refractivity contribution in [2.45, 2.75) is 55.4 Å². The van der Waals surface area contributed by atoms with E-state index in [9.17, 15) is 0 Å². The molecular weight excluding hydrogens is 551 g/mol. The van der Waals surface area contributed by atoms with Crippen molar-refractivity contribution in [3.8, 4) is 0 Å². The van der Waals surface area contributed by atoms with Gasteiger partial charge in [0, 0.05) is 0 Å². The van der Waals surface area contributed by atoms with Crippen LogP contribution in [-0.2, 0) is 26.2 Å². The summed E-state index contributed by atoms with van der Waals surface area (Å²) in [5, 5.41) is 2.05. The van der Waals surface area contributed by atoms with Crippen LogP contribution in [0.5, 0.6) is 0 Å². The van der Waals surface area contributed by atoms with Gasteiger partial charge in [-0.2, -0.15) is 22.3 Å². The van der Waals surface area contributed by atoms with Gasteiger partial charge < -0.3 is 0 Å². The van der Waals surface area contributed by atoms with Crippen LogP contribution in [-0.4, -0.2) is 6.69 Å². The summed E-state index contributed by atoms with van der Waals surface area (Å²) in [6.07, 6.45) is 6.72. The number of benzene rings is 2. The monoisotopic (exact) mass is 584 g/mol. The van der Waals surface area contributed by atoms with Gasteiger partial charge in [0.2, 0.25) is 0 Å². The zero-order valence-electron chi connectivity index (χ0n) is 21.7. The fraction of sp³-hybridized carbons (Fsp3) is 0.333. The molecule has 4 heteroatoms. The summed E-state index contributed by atoms with van der Waals surface area (Å²) in [7, 11) is 0. The van der Waals surface area contributed by atoms with E-state index < -0.39 is 6.69 Å².